The lowest BCUT2D eigenvalue weighted by Gasteiger charge is -2.35. The number of carbonyl (C=O) groups excluding carboxylic acids is 1. The van der Waals surface area contributed by atoms with Gasteiger partial charge in [-0.3, -0.25) is 4.79 Å². The summed E-state index contributed by atoms with van der Waals surface area (Å²) in [7, 11) is 1.86. The van der Waals surface area contributed by atoms with Crippen LogP contribution < -0.4 is 16.0 Å². The van der Waals surface area contributed by atoms with Gasteiger partial charge in [0.2, 0.25) is 5.95 Å². The van der Waals surface area contributed by atoms with Crippen molar-refractivity contribution in [2.45, 2.75) is 32.9 Å². The summed E-state index contributed by atoms with van der Waals surface area (Å²) in [6.07, 6.45) is 1.74. The largest absolute Gasteiger partial charge is 0.365 e. The molecule has 1 aliphatic heterocycles. The molecule has 10 heteroatoms. The molecule has 1 amide bonds. The molecule has 0 radical (unpaired) electrons. The average Bonchev–Trinajstić information content (AvgIpc) is 3.41. The summed E-state index contributed by atoms with van der Waals surface area (Å²) in [6.45, 7) is 7.59. The van der Waals surface area contributed by atoms with Gasteiger partial charge in [-0.1, -0.05) is 11.3 Å². The first-order valence-electron chi connectivity index (χ1n) is 11.3. The maximum Gasteiger partial charge on any atom is 0.270 e. The number of aromatic amines is 1. The Hall–Kier alpha value is -3.50. The quantitative estimate of drug-likeness (QED) is 0.345. The number of thiazole rings is 1. The summed E-state index contributed by atoms with van der Waals surface area (Å²) in [5.41, 5.74) is 4.12. The summed E-state index contributed by atoms with van der Waals surface area (Å²) >= 11 is 1.56. The highest BCUT2D eigenvalue weighted by Crippen LogP contribution is 2.32. The molecule has 1 fully saturated rings. The van der Waals surface area contributed by atoms with Crippen molar-refractivity contribution in [1.82, 2.24) is 30.2 Å². The Morgan fingerprint density at radius 3 is 2.68 bits per heavy atom. The van der Waals surface area contributed by atoms with Crippen LogP contribution in [0.5, 0.6) is 0 Å². The molecule has 2 atom stereocenters. The van der Waals surface area contributed by atoms with Gasteiger partial charge in [0.05, 0.1) is 16.3 Å². The van der Waals surface area contributed by atoms with Crippen molar-refractivity contribution in [3.8, 4) is 10.6 Å². The van der Waals surface area contributed by atoms with Crippen molar-refractivity contribution in [3.05, 3.63) is 47.9 Å². The van der Waals surface area contributed by atoms with Crippen LogP contribution in [0.4, 0.5) is 16.8 Å². The molecule has 0 spiro atoms. The van der Waals surface area contributed by atoms with Crippen LogP contribution in [0, 0.1) is 6.92 Å². The third kappa shape index (κ3) is 4.46. The molecule has 5 rings (SSSR count). The van der Waals surface area contributed by atoms with Gasteiger partial charge in [0.15, 0.2) is 5.13 Å². The first-order valence-corrected chi connectivity index (χ1v) is 12.1. The molecule has 1 saturated heterocycles. The second-order valence-electron chi connectivity index (χ2n) is 8.74. The van der Waals surface area contributed by atoms with Gasteiger partial charge in [-0.2, -0.15) is 0 Å². The molecule has 4 heterocycles. The third-order valence-electron chi connectivity index (χ3n) is 5.85. The number of nitrogens with one attached hydrogen (secondary N) is 4. The van der Waals surface area contributed by atoms with Crippen LogP contribution in [-0.4, -0.2) is 63.0 Å². The molecule has 3 aromatic heterocycles. The minimum absolute atomic E-state index is 0.0304. The fraction of sp³-hybridized carbons (Fsp3) is 0.333. The van der Waals surface area contributed by atoms with E-state index in [1.54, 1.807) is 17.5 Å². The summed E-state index contributed by atoms with van der Waals surface area (Å²) < 4.78 is 0. The van der Waals surface area contributed by atoms with Gasteiger partial charge < -0.3 is 25.8 Å². The molecule has 0 aliphatic carbocycles. The summed E-state index contributed by atoms with van der Waals surface area (Å²) in [5.74, 6) is 0.536. The molecular weight excluding hydrogens is 448 g/mol. The Balaban J connectivity index is 1.36. The number of nitrogens with zero attached hydrogens (tertiary/aromatic N) is 4. The fourth-order valence-corrected chi connectivity index (χ4v) is 5.29. The smallest absolute Gasteiger partial charge is 0.270 e. The molecule has 1 aliphatic rings. The number of carbonyl (C=O) groups is 1. The first-order chi connectivity index (χ1) is 16.4. The predicted octanol–water partition coefficient (Wildman–Crippen LogP) is 4.00. The molecule has 4 N–H and O–H groups in total. The van der Waals surface area contributed by atoms with Crippen LogP contribution in [0.1, 0.15) is 30.0 Å². The summed E-state index contributed by atoms with van der Waals surface area (Å²) in [5, 5.41) is 11.6. The molecule has 9 nitrogen and oxygen atoms in total. The van der Waals surface area contributed by atoms with Crippen molar-refractivity contribution in [1.29, 1.82) is 0 Å². The van der Waals surface area contributed by atoms with Crippen LogP contribution in [0.2, 0.25) is 0 Å². The standard InChI is InChI=1S/C24H28N8OS/c1-13-11-32(12-14(2)27-13)22(33)20-10-16-9-17(5-6-18(16)30-20)29-23-26-8-7-19(31-23)21-15(3)28-24(25-4)34-21/h5-10,13-14,27,30H,11-12H2,1-4H3,(H,25,28)(H,26,29,31). The van der Waals surface area contributed by atoms with E-state index in [2.05, 4.69) is 49.7 Å². The number of aryl methyl sites for hydroxylation is 1. The summed E-state index contributed by atoms with van der Waals surface area (Å²) in [4.78, 5) is 32.8. The van der Waals surface area contributed by atoms with Crippen LogP contribution in [-0.2, 0) is 0 Å². The third-order valence-corrected chi connectivity index (χ3v) is 7.05. The summed E-state index contributed by atoms with van der Waals surface area (Å²) in [6, 6.07) is 10.3. The maximum absolute atomic E-state index is 13.1. The Morgan fingerprint density at radius 2 is 1.94 bits per heavy atom. The molecule has 34 heavy (non-hydrogen) atoms. The number of fused-ring (bicyclic) bond motifs is 1. The number of hydrogen-bond donors (Lipinski definition) is 4. The number of H-pyrrole nitrogens is 1. The minimum atomic E-state index is 0.0304. The molecule has 176 valence electrons. The fourth-order valence-electron chi connectivity index (χ4n) is 4.40. The first kappa shape index (κ1) is 22.3. The van der Waals surface area contributed by atoms with Gasteiger partial charge in [-0.05, 0) is 51.1 Å². The molecule has 0 saturated carbocycles. The zero-order valence-electron chi connectivity index (χ0n) is 19.6. The zero-order chi connectivity index (χ0) is 23.8. The van der Waals surface area contributed by atoms with Crippen LogP contribution >= 0.6 is 11.3 Å². The van der Waals surface area contributed by atoms with E-state index in [1.165, 1.54) is 0 Å². The lowest BCUT2D eigenvalue weighted by atomic mass is 10.1. The number of piperazine rings is 1. The predicted molar refractivity (Wildman–Crippen MR) is 137 cm³/mol. The highest BCUT2D eigenvalue weighted by Gasteiger charge is 2.26. The number of benzene rings is 1. The van der Waals surface area contributed by atoms with Crippen molar-refractivity contribution in [2.75, 3.05) is 30.8 Å². The highest BCUT2D eigenvalue weighted by atomic mass is 32.1. The maximum atomic E-state index is 13.1. The van der Waals surface area contributed by atoms with E-state index in [9.17, 15) is 4.79 Å². The second-order valence-corrected chi connectivity index (χ2v) is 9.74. The Morgan fingerprint density at radius 1 is 1.15 bits per heavy atom. The number of anilines is 3. The van der Waals surface area contributed by atoms with Crippen LogP contribution in [0.3, 0.4) is 0 Å². The van der Waals surface area contributed by atoms with E-state index in [0.717, 1.165) is 38.0 Å². The Bertz CT molecular complexity index is 1340. The van der Waals surface area contributed by atoms with E-state index < -0.39 is 0 Å². The van der Waals surface area contributed by atoms with Gasteiger partial charge in [-0.15, -0.1) is 0 Å². The minimum Gasteiger partial charge on any atom is -0.365 e. The molecule has 4 aromatic rings. The van der Waals surface area contributed by atoms with Crippen molar-refractivity contribution in [2.24, 2.45) is 0 Å². The Labute approximate surface area is 202 Å². The number of hydrogen-bond acceptors (Lipinski definition) is 8. The SMILES string of the molecule is CNc1nc(C)c(-c2ccnc(Nc3ccc4[nH]c(C(=O)N5CC(C)NC(C)C5)cc4c3)n2)s1. The van der Waals surface area contributed by atoms with E-state index >= 15 is 0 Å². The number of rotatable bonds is 5. The van der Waals surface area contributed by atoms with Crippen LogP contribution in [0.15, 0.2) is 36.5 Å². The van der Waals surface area contributed by atoms with Gasteiger partial charge in [-0.25, -0.2) is 15.0 Å². The monoisotopic (exact) mass is 476 g/mol. The second kappa shape index (κ2) is 9.03. The lowest BCUT2D eigenvalue weighted by molar-refractivity contribution is 0.0669. The molecule has 2 unspecified atom stereocenters. The average molecular weight is 477 g/mol. The van der Waals surface area contributed by atoms with E-state index in [1.807, 2.05) is 49.2 Å². The van der Waals surface area contributed by atoms with Crippen molar-refractivity contribution < 1.29 is 4.79 Å². The van der Waals surface area contributed by atoms with Gasteiger partial charge in [0, 0.05) is 55.0 Å². The van der Waals surface area contributed by atoms with Crippen molar-refractivity contribution in [3.63, 3.8) is 0 Å². The van der Waals surface area contributed by atoms with E-state index in [-0.39, 0.29) is 18.0 Å². The van der Waals surface area contributed by atoms with E-state index in [4.69, 9.17) is 0 Å². The lowest BCUT2D eigenvalue weighted by Crippen LogP contribution is -2.55. The normalized spacial score (nSPS) is 18.3. The molecular formula is C24H28N8OS. The van der Waals surface area contributed by atoms with Gasteiger partial charge in [0.25, 0.3) is 5.91 Å². The van der Waals surface area contributed by atoms with Gasteiger partial charge >= 0.3 is 0 Å². The highest BCUT2D eigenvalue weighted by molar-refractivity contribution is 7.19. The van der Waals surface area contributed by atoms with E-state index in [0.29, 0.717) is 24.7 Å². The zero-order valence-corrected chi connectivity index (χ0v) is 20.5. The molecule has 1 aromatic carbocycles. The van der Waals surface area contributed by atoms with Crippen LogP contribution in [0.25, 0.3) is 21.5 Å². The van der Waals surface area contributed by atoms with Crippen molar-refractivity contribution >= 4 is 44.9 Å². The molecule has 0 bridgehead atoms. The van der Waals surface area contributed by atoms with Gasteiger partial charge in [0.1, 0.15) is 5.69 Å². The Kier molecular flexibility index (Phi) is 5.93. The number of aromatic nitrogens is 4. The topological polar surface area (TPSA) is 111 Å². The number of amides is 1.